The molecule has 5 bridgehead atoms. The fourth-order valence-corrected chi connectivity index (χ4v) is 7.52. The van der Waals surface area contributed by atoms with Gasteiger partial charge in [-0.2, -0.15) is 0 Å². The van der Waals surface area contributed by atoms with Gasteiger partial charge in [0.05, 0.1) is 31.2 Å². The number of nitrogens with zero attached hydrogens (tertiary/aromatic N) is 2. The number of amides is 3. The molecular formula is C31H45N3O7. The monoisotopic (exact) mass is 571 g/mol. The number of rotatable bonds is 5. The van der Waals surface area contributed by atoms with Crippen LogP contribution in [0.3, 0.4) is 0 Å². The Labute approximate surface area is 242 Å². The van der Waals surface area contributed by atoms with Gasteiger partial charge in [0.25, 0.3) is 0 Å². The number of allylic oxidation sites excluding steroid dienone is 1. The number of ether oxygens (including phenoxy) is 2. The molecule has 2 saturated heterocycles. The van der Waals surface area contributed by atoms with Crippen molar-refractivity contribution < 1.29 is 33.8 Å². The smallest absolute Gasteiger partial charge is 0.313 e. The minimum absolute atomic E-state index is 0.0144. The van der Waals surface area contributed by atoms with Crippen LogP contribution < -0.4 is 5.32 Å². The Bertz CT molecular complexity index is 1080. The maximum Gasteiger partial charge on any atom is 0.313 e. The van der Waals surface area contributed by atoms with E-state index in [1.165, 1.54) is 0 Å². The van der Waals surface area contributed by atoms with E-state index in [2.05, 4.69) is 5.32 Å². The first kappa shape index (κ1) is 29.8. The van der Waals surface area contributed by atoms with E-state index in [0.717, 1.165) is 32.1 Å². The highest BCUT2D eigenvalue weighted by Gasteiger charge is 2.74. The van der Waals surface area contributed by atoms with E-state index in [9.17, 15) is 24.3 Å². The third-order valence-corrected chi connectivity index (χ3v) is 9.37. The summed E-state index contributed by atoms with van der Waals surface area (Å²) in [6.07, 6.45) is 12.4. The number of cyclic esters (lactones) is 1. The number of fused-ring (bicyclic) bond motifs is 2. The van der Waals surface area contributed by atoms with Crippen LogP contribution in [0.15, 0.2) is 24.3 Å². The van der Waals surface area contributed by atoms with Gasteiger partial charge in [0.1, 0.15) is 23.7 Å². The lowest BCUT2D eigenvalue weighted by molar-refractivity contribution is -0.159. The van der Waals surface area contributed by atoms with Crippen molar-refractivity contribution >= 4 is 23.7 Å². The molecule has 5 aliphatic rings. The lowest BCUT2D eigenvalue weighted by Crippen LogP contribution is -2.60. The second kappa shape index (κ2) is 12.3. The molecule has 5 rings (SSSR count). The molecule has 10 nitrogen and oxygen atoms in total. The molecule has 1 saturated carbocycles. The third kappa shape index (κ3) is 5.57. The summed E-state index contributed by atoms with van der Waals surface area (Å²) in [5.74, 6) is -2.95. The predicted molar refractivity (Wildman–Crippen MR) is 150 cm³/mol. The first-order valence-electron chi connectivity index (χ1n) is 15.4. The van der Waals surface area contributed by atoms with Gasteiger partial charge < -0.3 is 29.7 Å². The van der Waals surface area contributed by atoms with Gasteiger partial charge in [0.15, 0.2) is 0 Å². The number of aliphatic hydroxyl groups excluding tert-OH is 1. The molecule has 3 amide bonds. The van der Waals surface area contributed by atoms with Crippen LogP contribution in [0.1, 0.15) is 72.1 Å². The average Bonchev–Trinajstić information content (AvgIpc) is 3.59. The molecule has 1 aliphatic carbocycles. The fourth-order valence-electron chi connectivity index (χ4n) is 7.52. The van der Waals surface area contributed by atoms with E-state index in [0.29, 0.717) is 25.8 Å². The Kier molecular flexibility index (Phi) is 8.90. The van der Waals surface area contributed by atoms with Gasteiger partial charge in [-0.25, -0.2) is 0 Å². The molecule has 4 aliphatic heterocycles. The fraction of sp³-hybridized carbons (Fsp3) is 0.742. The lowest BCUT2D eigenvalue weighted by atomic mass is 9.74. The molecule has 10 heteroatoms. The van der Waals surface area contributed by atoms with Crippen molar-refractivity contribution in [3.05, 3.63) is 24.3 Å². The van der Waals surface area contributed by atoms with Crippen LogP contribution in [-0.2, 0) is 28.7 Å². The van der Waals surface area contributed by atoms with Crippen LogP contribution in [0.25, 0.3) is 0 Å². The standard InChI is InChI=1S/C31H45N3O7/c1-19(2)16-22(18-35)34-27-29(38)33(21-10-6-4-7-11-21)15-9-5-8-12-24(36)32-17-20(3)40-30(39)25-23-13-14-31(27,41-23)26(25)28(34)37/h5,9,13-14,19-23,25-27,35H,4,6-8,10-12,15-18H2,1-3H3,(H,32,36)/b9-5-/t20-,22-,23+,25-,26-,27+,31-/m1/s1. The Morgan fingerprint density at radius 3 is 2.56 bits per heavy atom. The topological polar surface area (TPSA) is 125 Å². The molecule has 3 fully saturated rings. The average molecular weight is 572 g/mol. The molecule has 4 heterocycles. The maximum absolute atomic E-state index is 14.8. The second-order valence-corrected chi connectivity index (χ2v) is 12.8. The minimum Gasteiger partial charge on any atom is -0.460 e. The van der Waals surface area contributed by atoms with Crippen molar-refractivity contribution in [3.8, 4) is 0 Å². The summed E-state index contributed by atoms with van der Waals surface area (Å²) >= 11 is 0. The molecule has 0 aromatic rings. The molecule has 0 unspecified atom stereocenters. The first-order chi connectivity index (χ1) is 19.7. The summed E-state index contributed by atoms with van der Waals surface area (Å²) in [4.78, 5) is 58.5. The van der Waals surface area contributed by atoms with Crippen LogP contribution in [0, 0.1) is 17.8 Å². The summed E-state index contributed by atoms with van der Waals surface area (Å²) in [6, 6.07) is -1.57. The van der Waals surface area contributed by atoms with Crippen molar-refractivity contribution in [2.24, 2.45) is 17.8 Å². The zero-order chi connectivity index (χ0) is 29.3. The van der Waals surface area contributed by atoms with Gasteiger partial charge in [-0.3, -0.25) is 19.2 Å². The lowest BCUT2D eigenvalue weighted by Gasteiger charge is -2.42. The van der Waals surface area contributed by atoms with Crippen molar-refractivity contribution in [2.45, 2.75) is 108 Å². The minimum atomic E-state index is -1.31. The van der Waals surface area contributed by atoms with E-state index in [1.807, 2.05) is 37.0 Å². The third-order valence-electron chi connectivity index (χ3n) is 9.37. The molecule has 0 aromatic heterocycles. The van der Waals surface area contributed by atoms with Crippen molar-refractivity contribution in [1.29, 1.82) is 0 Å². The molecule has 0 radical (unpaired) electrons. The second-order valence-electron chi connectivity index (χ2n) is 12.8. The number of esters is 1. The molecule has 7 atom stereocenters. The quantitative estimate of drug-likeness (QED) is 0.382. The predicted octanol–water partition coefficient (Wildman–Crippen LogP) is 2.10. The SMILES string of the molecule is CC(C)C[C@H](CO)N1C(=O)[C@H]2[C@@H]3C(=O)O[C@H](C)CNC(=O)CC/C=C\CN(C4CCCCC4)C(=O)[C@H]1[C@@]21C=C[C@@H]3O1. The number of carbonyl (C=O) groups is 4. The highest BCUT2D eigenvalue weighted by atomic mass is 16.6. The van der Waals surface area contributed by atoms with Crippen LogP contribution in [-0.4, -0.2) is 94.2 Å². The normalized spacial score (nSPS) is 36.5. The molecule has 1 spiro atoms. The molecule has 0 aromatic carbocycles. The van der Waals surface area contributed by atoms with Gasteiger partial charge in [0.2, 0.25) is 17.7 Å². The maximum atomic E-state index is 14.8. The van der Waals surface area contributed by atoms with Gasteiger partial charge >= 0.3 is 5.97 Å². The van der Waals surface area contributed by atoms with E-state index < -0.39 is 47.7 Å². The number of likely N-dealkylation sites (tertiary alicyclic amines) is 1. The summed E-state index contributed by atoms with van der Waals surface area (Å²) in [5.41, 5.74) is -1.31. The van der Waals surface area contributed by atoms with E-state index in [4.69, 9.17) is 9.47 Å². The highest BCUT2D eigenvalue weighted by Crippen LogP contribution is 2.56. The molecule has 226 valence electrons. The summed E-state index contributed by atoms with van der Waals surface area (Å²) in [7, 11) is 0. The first-order valence-corrected chi connectivity index (χ1v) is 15.4. The highest BCUT2D eigenvalue weighted by molar-refractivity contribution is 5.99. The van der Waals surface area contributed by atoms with Crippen LogP contribution >= 0.6 is 0 Å². The molecule has 41 heavy (non-hydrogen) atoms. The van der Waals surface area contributed by atoms with Crippen LogP contribution in [0.4, 0.5) is 0 Å². The van der Waals surface area contributed by atoms with Crippen LogP contribution in [0.2, 0.25) is 0 Å². The van der Waals surface area contributed by atoms with Gasteiger partial charge in [-0.15, -0.1) is 0 Å². The Hall–Kier alpha value is -2.72. The number of hydrogen-bond acceptors (Lipinski definition) is 7. The van der Waals surface area contributed by atoms with Gasteiger partial charge in [0, 0.05) is 19.0 Å². The molecular weight excluding hydrogens is 526 g/mol. The zero-order valence-electron chi connectivity index (χ0n) is 24.5. The van der Waals surface area contributed by atoms with Crippen molar-refractivity contribution in [1.82, 2.24) is 15.1 Å². The van der Waals surface area contributed by atoms with Gasteiger partial charge in [-0.1, -0.05) is 57.4 Å². The Balaban J connectivity index is 1.59. The molecule has 2 N–H and O–H groups in total. The van der Waals surface area contributed by atoms with Crippen molar-refractivity contribution in [2.75, 3.05) is 19.7 Å². The van der Waals surface area contributed by atoms with Gasteiger partial charge in [-0.05, 0) is 38.5 Å². The Morgan fingerprint density at radius 1 is 1.10 bits per heavy atom. The van der Waals surface area contributed by atoms with E-state index >= 15 is 0 Å². The summed E-state index contributed by atoms with van der Waals surface area (Å²) in [6.45, 7) is 5.96. The number of aliphatic hydroxyl groups is 1. The summed E-state index contributed by atoms with van der Waals surface area (Å²) < 4.78 is 12.2. The largest absolute Gasteiger partial charge is 0.460 e. The summed E-state index contributed by atoms with van der Waals surface area (Å²) in [5, 5.41) is 13.3. The van der Waals surface area contributed by atoms with Crippen LogP contribution in [0.5, 0.6) is 0 Å². The number of carbonyl (C=O) groups excluding carboxylic acids is 4. The van der Waals surface area contributed by atoms with E-state index in [1.54, 1.807) is 17.9 Å². The number of hydrogen-bond donors (Lipinski definition) is 2. The Morgan fingerprint density at radius 2 is 1.85 bits per heavy atom. The van der Waals surface area contributed by atoms with E-state index in [-0.39, 0.29) is 42.8 Å². The van der Waals surface area contributed by atoms with Crippen molar-refractivity contribution in [3.63, 3.8) is 0 Å². The number of nitrogens with one attached hydrogen (secondary N) is 1. The zero-order valence-corrected chi connectivity index (χ0v) is 24.5.